The monoisotopic (exact) mass is 315 g/mol. The standard InChI is InChI=1S/C6H4N3O2.ClTe/c7-8-5-1-3-6(4-2-5)9(10)11;1-2/h1-4H;/q+1;. The molecule has 0 aromatic heterocycles. The average Bonchev–Trinajstić information content (AvgIpc) is 2.21. The van der Waals surface area contributed by atoms with Crippen LogP contribution in [-0.2, 0) is 0 Å². The van der Waals surface area contributed by atoms with E-state index < -0.39 is 4.92 Å². The molecule has 7 heteroatoms. The van der Waals surface area contributed by atoms with E-state index in [2.05, 4.69) is 13.9 Å². The Morgan fingerprint density at radius 2 is 1.85 bits per heavy atom. The summed E-state index contributed by atoms with van der Waals surface area (Å²) >= 11 is 1.42. The fraction of sp³-hybridized carbons (Fsp3) is 0. The van der Waals surface area contributed by atoms with Crippen LogP contribution >= 0.6 is 8.96 Å². The SMILES string of the molecule is Cl[Te].N#[N+]c1ccc([N+](=O)[O-])cc1. The van der Waals surface area contributed by atoms with E-state index in [1.807, 2.05) is 0 Å². The molecule has 0 saturated carbocycles. The quantitative estimate of drug-likeness (QED) is 0.346. The minimum Gasteiger partial charge on any atom is -0.258 e. The van der Waals surface area contributed by atoms with E-state index >= 15 is 0 Å². The van der Waals surface area contributed by atoms with Crippen molar-refractivity contribution in [2.24, 2.45) is 0 Å². The first-order chi connectivity index (χ1) is 6.24. The predicted octanol–water partition coefficient (Wildman–Crippen LogP) is 2.39. The number of rotatable bonds is 1. The molecule has 0 atom stereocenters. The number of nitrogens with zero attached hydrogens (tertiary/aromatic N) is 3. The minimum absolute atomic E-state index is 0.0163. The topological polar surface area (TPSA) is 71.3 Å². The molecule has 1 radical (unpaired) electrons. The zero-order valence-corrected chi connectivity index (χ0v) is 9.34. The van der Waals surface area contributed by atoms with Crippen LogP contribution < -0.4 is 0 Å². The van der Waals surface area contributed by atoms with Gasteiger partial charge < -0.3 is 0 Å². The van der Waals surface area contributed by atoms with Crippen molar-refractivity contribution in [3.63, 3.8) is 0 Å². The molecule has 1 aromatic rings. The Bertz CT molecular complexity index is 322. The van der Waals surface area contributed by atoms with Crippen LogP contribution in [0.3, 0.4) is 0 Å². The van der Waals surface area contributed by atoms with Crippen LogP contribution in [0.4, 0.5) is 11.4 Å². The van der Waals surface area contributed by atoms with Gasteiger partial charge in [0.1, 0.15) is 0 Å². The zero-order chi connectivity index (χ0) is 10.3. The Morgan fingerprint density at radius 3 is 2.15 bits per heavy atom. The number of hydrogen-bond donors (Lipinski definition) is 0. The molecule has 0 saturated heterocycles. The predicted molar refractivity (Wildman–Crippen MR) is 49.4 cm³/mol. The number of halogens is 1. The molecule has 0 heterocycles. The van der Waals surface area contributed by atoms with E-state index in [1.165, 1.54) is 45.4 Å². The van der Waals surface area contributed by atoms with Crippen LogP contribution in [0.1, 0.15) is 0 Å². The van der Waals surface area contributed by atoms with Gasteiger partial charge in [0.05, 0.1) is 4.92 Å². The summed E-state index contributed by atoms with van der Waals surface area (Å²) in [6.45, 7) is 0. The maximum atomic E-state index is 10.1. The van der Waals surface area contributed by atoms with E-state index in [4.69, 9.17) is 5.39 Å². The van der Waals surface area contributed by atoms with Crippen LogP contribution in [0.25, 0.3) is 4.98 Å². The van der Waals surface area contributed by atoms with Gasteiger partial charge in [0.15, 0.2) is 4.98 Å². The smallest absolute Gasteiger partial charge is 0.258 e. The Balaban J connectivity index is 0.000000671. The summed E-state index contributed by atoms with van der Waals surface area (Å²) in [6.07, 6.45) is 0. The third kappa shape index (κ3) is 4.05. The second-order valence-electron chi connectivity index (χ2n) is 1.87. The molecular weight excluding hydrogens is 309 g/mol. The molecule has 0 bridgehead atoms. The molecule has 0 N–H and O–H groups in total. The molecule has 13 heavy (non-hydrogen) atoms. The molecule has 0 aliphatic heterocycles. The van der Waals surface area contributed by atoms with Crippen LogP contribution in [0.2, 0.25) is 0 Å². The molecule has 0 unspecified atom stereocenters. The van der Waals surface area contributed by atoms with Crippen molar-refractivity contribution in [1.29, 1.82) is 5.39 Å². The third-order valence-electron chi connectivity index (χ3n) is 1.18. The van der Waals surface area contributed by atoms with Crippen molar-refractivity contribution in [3.8, 4) is 0 Å². The molecule has 0 aliphatic rings. The Kier molecular flexibility index (Phi) is 6.17. The molecular formula is C6H4ClN3O2Te+. The fourth-order valence-corrected chi connectivity index (χ4v) is 0.641. The molecule has 5 nitrogen and oxygen atoms in total. The van der Waals surface area contributed by atoms with Crippen LogP contribution in [-0.4, -0.2) is 26.1 Å². The number of non-ortho nitro benzene ring substituents is 1. The largest absolute Gasteiger partial charge is 0.385 e. The van der Waals surface area contributed by atoms with Crippen molar-refractivity contribution < 1.29 is 4.92 Å². The summed E-state index contributed by atoms with van der Waals surface area (Å²) in [5.41, 5.74) is 0.285. The fourth-order valence-electron chi connectivity index (χ4n) is 0.641. The number of benzene rings is 1. The number of diazo groups is 1. The molecule has 67 valence electrons. The van der Waals surface area contributed by atoms with Crippen molar-refractivity contribution in [3.05, 3.63) is 39.4 Å². The van der Waals surface area contributed by atoms with Gasteiger partial charge in [-0.3, -0.25) is 10.1 Å². The Morgan fingerprint density at radius 1 is 1.38 bits per heavy atom. The molecule has 0 fully saturated rings. The van der Waals surface area contributed by atoms with E-state index in [9.17, 15) is 10.1 Å². The zero-order valence-electron chi connectivity index (χ0n) is 6.25. The summed E-state index contributed by atoms with van der Waals surface area (Å²) in [5.74, 6) is 0. The van der Waals surface area contributed by atoms with Crippen LogP contribution in [0.15, 0.2) is 24.3 Å². The van der Waals surface area contributed by atoms with Crippen molar-refractivity contribution in [2.45, 2.75) is 0 Å². The van der Waals surface area contributed by atoms with E-state index in [1.54, 1.807) is 0 Å². The summed E-state index contributed by atoms with van der Waals surface area (Å²) in [5, 5.41) is 18.3. The second-order valence-corrected chi connectivity index (χ2v) is 1.87. The molecule has 1 rings (SSSR count). The van der Waals surface area contributed by atoms with Crippen molar-refractivity contribution in [2.75, 3.05) is 0 Å². The van der Waals surface area contributed by atoms with E-state index in [0.29, 0.717) is 5.69 Å². The van der Waals surface area contributed by atoms with E-state index in [-0.39, 0.29) is 5.69 Å². The normalized spacial score (nSPS) is 7.77. The maximum Gasteiger partial charge on any atom is 0.385 e. The summed E-state index contributed by atoms with van der Waals surface area (Å²) in [7, 11) is 4.65. The van der Waals surface area contributed by atoms with E-state index in [0.717, 1.165) is 0 Å². The summed E-state index contributed by atoms with van der Waals surface area (Å²) in [4.78, 5) is 12.4. The number of nitro groups is 1. The van der Waals surface area contributed by atoms with Gasteiger partial charge in [0.25, 0.3) is 5.69 Å². The van der Waals surface area contributed by atoms with Gasteiger partial charge >= 0.3 is 35.8 Å². The number of nitro benzene ring substituents is 1. The van der Waals surface area contributed by atoms with Gasteiger partial charge in [0.2, 0.25) is 5.39 Å². The maximum absolute atomic E-state index is 10.1. The first-order valence-electron chi connectivity index (χ1n) is 2.99. The molecule has 0 spiro atoms. The first kappa shape index (κ1) is 12.1. The molecule has 0 amide bonds. The van der Waals surface area contributed by atoms with Gasteiger partial charge in [-0.15, -0.1) is 0 Å². The van der Waals surface area contributed by atoms with Crippen molar-refractivity contribution in [1.82, 2.24) is 0 Å². The van der Waals surface area contributed by atoms with Crippen molar-refractivity contribution >= 4 is 41.5 Å². The van der Waals surface area contributed by atoms with Crippen LogP contribution in [0, 0.1) is 15.5 Å². The second kappa shape index (κ2) is 6.62. The molecule has 1 aromatic carbocycles. The first-order valence-corrected chi connectivity index (χ1v) is 5.94. The summed E-state index contributed by atoms with van der Waals surface area (Å²) in [6, 6.07) is 5.26. The Labute approximate surface area is 91.1 Å². The molecule has 0 aliphatic carbocycles. The minimum atomic E-state index is -0.513. The van der Waals surface area contributed by atoms with Crippen LogP contribution in [0.5, 0.6) is 0 Å². The van der Waals surface area contributed by atoms with Gasteiger partial charge in [-0.2, -0.15) is 0 Å². The Hall–Kier alpha value is -0.880. The van der Waals surface area contributed by atoms with Gasteiger partial charge in [0, 0.05) is 24.3 Å². The van der Waals surface area contributed by atoms with Gasteiger partial charge in [-0.25, -0.2) is 0 Å². The van der Waals surface area contributed by atoms with Gasteiger partial charge in [-0.05, 0) is 0 Å². The average molecular weight is 313 g/mol. The summed E-state index contributed by atoms with van der Waals surface area (Å²) < 4.78 is 0. The third-order valence-corrected chi connectivity index (χ3v) is 1.18. The number of hydrogen-bond acceptors (Lipinski definition) is 3. The van der Waals surface area contributed by atoms with Gasteiger partial charge in [-0.1, -0.05) is 0 Å².